The van der Waals surface area contributed by atoms with Gasteiger partial charge in [0.15, 0.2) is 0 Å². The van der Waals surface area contributed by atoms with Crippen molar-refractivity contribution < 1.29 is 9.59 Å². The van der Waals surface area contributed by atoms with E-state index in [1.165, 1.54) is 11.5 Å². The van der Waals surface area contributed by atoms with Crippen molar-refractivity contribution in [1.82, 2.24) is 4.57 Å². The van der Waals surface area contributed by atoms with Crippen LogP contribution in [0.5, 0.6) is 0 Å². The SMILES string of the molecule is CC(=O)CC(=O)n1ccc2ccccc21. The average Bonchev–Trinajstić information content (AvgIpc) is 2.59. The standard InChI is InChI=1S/C12H11NO2/c1-9(14)8-12(15)13-7-6-10-4-2-3-5-11(10)13/h2-7H,8H2,1H3. The highest BCUT2D eigenvalue weighted by Crippen LogP contribution is 2.15. The third-order valence-electron chi connectivity index (χ3n) is 2.27. The summed E-state index contributed by atoms with van der Waals surface area (Å²) in [6.07, 6.45) is 1.66. The Kier molecular flexibility index (Phi) is 2.37. The summed E-state index contributed by atoms with van der Waals surface area (Å²) < 4.78 is 1.52. The summed E-state index contributed by atoms with van der Waals surface area (Å²) in [6.45, 7) is 1.42. The molecule has 0 spiro atoms. The van der Waals surface area contributed by atoms with Crippen molar-refractivity contribution in [3.63, 3.8) is 0 Å². The molecule has 0 N–H and O–H groups in total. The molecule has 0 amide bonds. The number of ketones is 1. The fraction of sp³-hybridized carbons (Fsp3) is 0.167. The molecule has 0 atom stereocenters. The van der Waals surface area contributed by atoms with E-state index in [9.17, 15) is 9.59 Å². The molecule has 0 radical (unpaired) electrons. The van der Waals surface area contributed by atoms with Crippen LogP contribution in [0.2, 0.25) is 0 Å². The maximum atomic E-state index is 11.7. The third-order valence-corrected chi connectivity index (χ3v) is 2.27. The number of rotatable bonds is 2. The van der Waals surface area contributed by atoms with Crippen LogP contribution in [0.3, 0.4) is 0 Å². The molecule has 0 aliphatic carbocycles. The average molecular weight is 201 g/mol. The Morgan fingerprint density at radius 1 is 1.20 bits per heavy atom. The summed E-state index contributed by atoms with van der Waals surface area (Å²) in [5.41, 5.74) is 0.851. The molecule has 0 fully saturated rings. The van der Waals surface area contributed by atoms with Gasteiger partial charge in [-0.15, -0.1) is 0 Å². The number of para-hydroxylation sites is 1. The molecule has 0 bridgehead atoms. The van der Waals surface area contributed by atoms with E-state index in [-0.39, 0.29) is 18.1 Å². The monoisotopic (exact) mass is 201 g/mol. The Labute approximate surface area is 87.3 Å². The summed E-state index contributed by atoms with van der Waals surface area (Å²) in [6, 6.07) is 9.47. The fourth-order valence-corrected chi connectivity index (χ4v) is 1.60. The van der Waals surface area contributed by atoms with Gasteiger partial charge in [-0.25, -0.2) is 0 Å². The second-order valence-corrected chi connectivity index (χ2v) is 3.52. The predicted molar refractivity (Wildman–Crippen MR) is 57.9 cm³/mol. The molecule has 2 aromatic rings. The quantitative estimate of drug-likeness (QED) is 0.699. The smallest absolute Gasteiger partial charge is 0.238 e. The van der Waals surface area contributed by atoms with Crippen molar-refractivity contribution in [2.45, 2.75) is 13.3 Å². The van der Waals surface area contributed by atoms with Crippen LogP contribution in [-0.2, 0) is 4.79 Å². The minimum absolute atomic E-state index is 0.0430. The molecule has 3 nitrogen and oxygen atoms in total. The minimum atomic E-state index is -0.177. The van der Waals surface area contributed by atoms with E-state index in [0.29, 0.717) is 0 Å². The van der Waals surface area contributed by atoms with Crippen molar-refractivity contribution in [2.24, 2.45) is 0 Å². The maximum absolute atomic E-state index is 11.7. The van der Waals surface area contributed by atoms with Crippen LogP contribution in [0.1, 0.15) is 18.1 Å². The minimum Gasteiger partial charge on any atom is -0.299 e. The molecule has 0 saturated heterocycles. The normalized spacial score (nSPS) is 10.5. The van der Waals surface area contributed by atoms with Crippen molar-refractivity contribution in [2.75, 3.05) is 0 Å². The Balaban J connectivity index is 2.44. The van der Waals surface area contributed by atoms with Gasteiger partial charge in [0, 0.05) is 11.6 Å². The molecule has 0 saturated carbocycles. The van der Waals surface area contributed by atoms with E-state index in [4.69, 9.17) is 0 Å². The zero-order valence-electron chi connectivity index (χ0n) is 8.43. The van der Waals surface area contributed by atoms with Crippen LogP contribution in [0.4, 0.5) is 0 Å². The molecule has 1 aromatic heterocycles. The van der Waals surface area contributed by atoms with Gasteiger partial charge in [-0.3, -0.25) is 14.2 Å². The topological polar surface area (TPSA) is 39.1 Å². The van der Waals surface area contributed by atoms with Gasteiger partial charge in [-0.05, 0) is 19.1 Å². The highest BCUT2D eigenvalue weighted by Gasteiger charge is 2.09. The van der Waals surface area contributed by atoms with E-state index in [1.54, 1.807) is 6.20 Å². The van der Waals surface area contributed by atoms with E-state index in [0.717, 1.165) is 10.9 Å². The Hall–Kier alpha value is -1.90. The Morgan fingerprint density at radius 3 is 2.67 bits per heavy atom. The summed E-state index contributed by atoms with van der Waals surface area (Å²) in [5.74, 6) is -0.290. The summed E-state index contributed by atoms with van der Waals surface area (Å²) in [5, 5.41) is 1.01. The van der Waals surface area contributed by atoms with Crippen LogP contribution in [-0.4, -0.2) is 16.3 Å². The Bertz CT molecular complexity index is 525. The number of carbonyl (C=O) groups excluding carboxylic acids is 2. The first-order valence-electron chi connectivity index (χ1n) is 4.77. The molecule has 1 heterocycles. The molecule has 0 aliphatic rings. The fourth-order valence-electron chi connectivity index (χ4n) is 1.60. The van der Waals surface area contributed by atoms with Gasteiger partial charge < -0.3 is 0 Å². The predicted octanol–water partition coefficient (Wildman–Crippen LogP) is 2.26. The molecular weight excluding hydrogens is 190 g/mol. The van der Waals surface area contributed by atoms with E-state index in [1.807, 2.05) is 30.3 Å². The lowest BCUT2D eigenvalue weighted by Gasteiger charge is -2.01. The zero-order chi connectivity index (χ0) is 10.8. The van der Waals surface area contributed by atoms with Gasteiger partial charge in [-0.2, -0.15) is 0 Å². The van der Waals surface area contributed by atoms with Gasteiger partial charge in [0.05, 0.1) is 11.9 Å². The first-order valence-corrected chi connectivity index (χ1v) is 4.77. The number of carbonyl (C=O) groups is 2. The molecule has 15 heavy (non-hydrogen) atoms. The molecule has 76 valence electrons. The Morgan fingerprint density at radius 2 is 1.93 bits per heavy atom. The van der Waals surface area contributed by atoms with Crippen LogP contribution in [0.25, 0.3) is 10.9 Å². The molecule has 3 heteroatoms. The first kappa shape index (κ1) is 9.65. The largest absolute Gasteiger partial charge is 0.299 e. The molecule has 0 aliphatic heterocycles. The van der Waals surface area contributed by atoms with Crippen LogP contribution in [0, 0.1) is 0 Å². The van der Waals surface area contributed by atoms with Crippen molar-refractivity contribution >= 4 is 22.6 Å². The van der Waals surface area contributed by atoms with Crippen molar-refractivity contribution in [1.29, 1.82) is 0 Å². The van der Waals surface area contributed by atoms with Crippen molar-refractivity contribution in [3.05, 3.63) is 36.5 Å². The molecule has 2 rings (SSSR count). The number of nitrogens with zero attached hydrogens (tertiary/aromatic N) is 1. The molecular formula is C12H11NO2. The number of hydrogen-bond acceptors (Lipinski definition) is 2. The van der Waals surface area contributed by atoms with Gasteiger partial charge >= 0.3 is 0 Å². The van der Waals surface area contributed by atoms with Crippen molar-refractivity contribution in [3.8, 4) is 0 Å². The lowest BCUT2D eigenvalue weighted by molar-refractivity contribution is -0.116. The van der Waals surface area contributed by atoms with E-state index < -0.39 is 0 Å². The van der Waals surface area contributed by atoms with Crippen LogP contribution < -0.4 is 0 Å². The summed E-state index contributed by atoms with van der Waals surface area (Å²) >= 11 is 0. The van der Waals surface area contributed by atoms with Crippen LogP contribution in [0.15, 0.2) is 36.5 Å². The number of aromatic nitrogens is 1. The summed E-state index contributed by atoms with van der Waals surface area (Å²) in [4.78, 5) is 22.5. The van der Waals surface area contributed by atoms with E-state index >= 15 is 0 Å². The highest BCUT2D eigenvalue weighted by atomic mass is 16.2. The maximum Gasteiger partial charge on any atom is 0.238 e. The van der Waals surface area contributed by atoms with Gasteiger partial charge in [0.2, 0.25) is 5.91 Å². The lowest BCUT2D eigenvalue weighted by atomic mass is 10.2. The van der Waals surface area contributed by atoms with E-state index in [2.05, 4.69) is 0 Å². The van der Waals surface area contributed by atoms with Gasteiger partial charge in [0.1, 0.15) is 5.78 Å². The molecule has 0 unspecified atom stereocenters. The number of benzene rings is 1. The number of fused-ring (bicyclic) bond motifs is 1. The second-order valence-electron chi connectivity index (χ2n) is 3.52. The highest BCUT2D eigenvalue weighted by molar-refractivity contribution is 6.02. The third kappa shape index (κ3) is 1.81. The second kappa shape index (κ2) is 3.69. The summed E-state index contributed by atoms with van der Waals surface area (Å²) in [7, 11) is 0. The van der Waals surface area contributed by atoms with Crippen LogP contribution >= 0.6 is 0 Å². The molecule has 1 aromatic carbocycles. The van der Waals surface area contributed by atoms with Gasteiger partial charge in [-0.1, -0.05) is 18.2 Å². The first-order chi connectivity index (χ1) is 7.18. The number of Topliss-reactive ketones (excluding diaryl/α,β-unsaturated/α-hetero) is 1. The number of hydrogen-bond donors (Lipinski definition) is 0. The van der Waals surface area contributed by atoms with Gasteiger partial charge in [0.25, 0.3) is 0 Å². The zero-order valence-corrected chi connectivity index (χ0v) is 8.43. The lowest BCUT2D eigenvalue weighted by Crippen LogP contribution is -2.12.